The molecule has 15 heavy (non-hydrogen) atoms. The minimum atomic E-state index is -0.114. The molecule has 0 fully saturated rings. The fraction of sp³-hybridized carbons (Fsp3) is 0.333. The predicted molar refractivity (Wildman–Crippen MR) is 64.3 cm³/mol. The van der Waals surface area contributed by atoms with Crippen molar-refractivity contribution in [3.63, 3.8) is 0 Å². The standard InChI is InChI=1S/C12H14O2S/c1-15-9-8-14-12-6-2-4-11(10-12)5-3-7-13/h2,4,6,10,13H,7-9H2,1H3. The van der Waals surface area contributed by atoms with Crippen molar-refractivity contribution in [1.82, 2.24) is 0 Å². The van der Waals surface area contributed by atoms with Gasteiger partial charge in [0.25, 0.3) is 0 Å². The van der Waals surface area contributed by atoms with Crippen LogP contribution in [0.3, 0.4) is 0 Å². The Morgan fingerprint density at radius 3 is 3.07 bits per heavy atom. The van der Waals surface area contributed by atoms with Crippen LogP contribution >= 0.6 is 11.8 Å². The lowest BCUT2D eigenvalue weighted by atomic mass is 10.2. The zero-order valence-corrected chi connectivity index (χ0v) is 9.51. The lowest BCUT2D eigenvalue weighted by Crippen LogP contribution is -1.99. The lowest BCUT2D eigenvalue weighted by Gasteiger charge is -2.04. The van der Waals surface area contributed by atoms with E-state index in [-0.39, 0.29) is 6.61 Å². The largest absolute Gasteiger partial charge is 0.493 e. The molecule has 0 spiro atoms. The van der Waals surface area contributed by atoms with Crippen molar-refractivity contribution in [3.05, 3.63) is 29.8 Å². The Balaban J connectivity index is 2.57. The fourth-order valence-corrected chi connectivity index (χ4v) is 1.30. The van der Waals surface area contributed by atoms with Crippen LogP contribution in [0.15, 0.2) is 24.3 Å². The molecule has 1 aromatic carbocycles. The van der Waals surface area contributed by atoms with E-state index in [0.717, 1.165) is 17.1 Å². The Morgan fingerprint density at radius 2 is 2.33 bits per heavy atom. The molecule has 0 saturated heterocycles. The summed E-state index contributed by atoms with van der Waals surface area (Å²) in [5.41, 5.74) is 0.866. The molecule has 0 amide bonds. The summed E-state index contributed by atoms with van der Waals surface area (Å²) in [6.45, 7) is 0.593. The molecule has 0 unspecified atom stereocenters. The molecule has 0 heterocycles. The minimum Gasteiger partial charge on any atom is -0.493 e. The number of rotatable bonds is 4. The van der Waals surface area contributed by atoms with E-state index >= 15 is 0 Å². The van der Waals surface area contributed by atoms with Gasteiger partial charge in [-0.2, -0.15) is 11.8 Å². The second-order valence-corrected chi connectivity index (χ2v) is 3.81. The monoisotopic (exact) mass is 222 g/mol. The Hall–Kier alpha value is -1.11. The number of hydrogen-bond donors (Lipinski definition) is 1. The second-order valence-electron chi connectivity index (χ2n) is 2.83. The van der Waals surface area contributed by atoms with Gasteiger partial charge in [-0.1, -0.05) is 17.9 Å². The molecule has 1 rings (SSSR count). The first kappa shape index (κ1) is 12.0. The summed E-state index contributed by atoms with van der Waals surface area (Å²) < 4.78 is 5.52. The molecule has 0 aliphatic heterocycles. The van der Waals surface area contributed by atoms with Crippen LogP contribution in [-0.4, -0.2) is 30.3 Å². The van der Waals surface area contributed by atoms with Crippen molar-refractivity contribution in [2.24, 2.45) is 0 Å². The van der Waals surface area contributed by atoms with Gasteiger partial charge in [-0.3, -0.25) is 0 Å². The van der Waals surface area contributed by atoms with Crippen molar-refractivity contribution in [1.29, 1.82) is 0 Å². The van der Waals surface area contributed by atoms with Gasteiger partial charge in [0.15, 0.2) is 0 Å². The van der Waals surface area contributed by atoms with E-state index in [9.17, 15) is 0 Å². The quantitative estimate of drug-likeness (QED) is 0.622. The topological polar surface area (TPSA) is 29.5 Å². The molecule has 0 aliphatic rings. The van der Waals surface area contributed by atoms with Crippen LogP contribution in [0.5, 0.6) is 5.75 Å². The molecule has 0 bridgehead atoms. The zero-order chi connectivity index (χ0) is 10.9. The van der Waals surface area contributed by atoms with Crippen LogP contribution in [0.2, 0.25) is 0 Å². The van der Waals surface area contributed by atoms with Crippen LogP contribution in [-0.2, 0) is 0 Å². The number of ether oxygens (including phenoxy) is 1. The molecule has 0 saturated carbocycles. The smallest absolute Gasteiger partial charge is 0.120 e. The number of thioether (sulfide) groups is 1. The highest BCUT2D eigenvalue weighted by molar-refractivity contribution is 7.98. The first-order valence-electron chi connectivity index (χ1n) is 4.68. The summed E-state index contributed by atoms with van der Waals surface area (Å²) in [5, 5.41) is 8.56. The van der Waals surface area contributed by atoms with Crippen LogP contribution in [0, 0.1) is 11.8 Å². The average molecular weight is 222 g/mol. The normalized spacial score (nSPS) is 9.20. The van der Waals surface area contributed by atoms with Crippen LogP contribution < -0.4 is 4.74 Å². The first-order valence-corrected chi connectivity index (χ1v) is 6.07. The van der Waals surface area contributed by atoms with E-state index in [1.54, 1.807) is 11.8 Å². The number of benzene rings is 1. The van der Waals surface area contributed by atoms with Crippen molar-refractivity contribution in [2.45, 2.75) is 0 Å². The highest BCUT2D eigenvalue weighted by Gasteiger charge is 1.94. The third-order valence-corrected chi connectivity index (χ3v) is 2.28. The molecule has 2 nitrogen and oxygen atoms in total. The molecule has 1 aromatic rings. The lowest BCUT2D eigenvalue weighted by molar-refractivity contribution is 0.344. The SMILES string of the molecule is CSCCOc1cccc(C#CCO)c1. The molecule has 3 heteroatoms. The van der Waals surface area contributed by atoms with Gasteiger partial charge in [0.1, 0.15) is 12.4 Å². The van der Waals surface area contributed by atoms with Crippen LogP contribution in [0.4, 0.5) is 0 Å². The van der Waals surface area contributed by atoms with Crippen molar-refractivity contribution >= 4 is 11.8 Å². The van der Waals surface area contributed by atoms with Gasteiger partial charge in [0.2, 0.25) is 0 Å². The van der Waals surface area contributed by atoms with E-state index in [0.29, 0.717) is 6.61 Å². The molecule has 0 aliphatic carbocycles. The van der Waals surface area contributed by atoms with Crippen molar-refractivity contribution < 1.29 is 9.84 Å². The molecule has 0 radical (unpaired) electrons. The highest BCUT2D eigenvalue weighted by atomic mass is 32.2. The average Bonchev–Trinajstić information content (AvgIpc) is 2.27. The molecule has 0 aromatic heterocycles. The zero-order valence-electron chi connectivity index (χ0n) is 8.69. The summed E-state index contributed by atoms with van der Waals surface area (Å²) in [5.74, 6) is 7.25. The van der Waals surface area contributed by atoms with Crippen molar-refractivity contribution in [2.75, 3.05) is 25.2 Å². The van der Waals surface area contributed by atoms with E-state index in [1.165, 1.54) is 0 Å². The Morgan fingerprint density at radius 1 is 1.47 bits per heavy atom. The van der Waals surface area contributed by atoms with Gasteiger partial charge in [0.05, 0.1) is 6.61 Å². The van der Waals surface area contributed by atoms with Gasteiger partial charge < -0.3 is 9.84 Å². The first-order chi connectivity index (χ1) is 7.36. The molecular formula is C12H14O2S. The molecular weight excluding hydrogens is 208 g/mol. The van der Waals surface area contributed by atoms with E-state index in [2.05, 4.69) is 11.8 Å². The molecule has 80 valence electrons. The Labute approximate surface area is 94.7 Å². The number of aliphatic hydroxyl groups excluding tert-OH is 1. The number of aliphatic hydroxyl groups is 1. The van der Waals surface area contributed by atoms with E-state index in [4.69, 9.17) is 9.84 Å². The van der Waals surface area contributed by atoms with Crippen molar-refractivity contribution in [3.8, 4) is 17.6 Å². The van der Waals surface area contributed by atoms with Crippen LogP contribution in [0.1, 0.15) is 5.56 Å². The maximum atomic E-state index is 8.56. The summed E-state index contributed by atoms with van der Waals surface area (Å²) in [6.07, 6.45) is 2.05. The van der Waals surface area contributed by atoms with E-state index < -0.39 is 0 Å². The number of hydrogen-bond acceptors (Lipinski definition) is 3. The summed E-state index contributed by atoms with van der Waals surface area (Å²) >= 11 is 1.75. The van der Waals surface area contributed by atoms with Gasteiger partial charge >= 0.3 is 0 Å². The van der Waals surface area contributed by atoms with E-state index in [1.807, 2.05) is 30.5 Å². The highest BCUT2D eigenvalue weighted by Crippen LogP contribution is 2.12. The second kappa shape index (κ2) is 7.22. The van der Waals surface area contributed by atoms with Gasteiger partial charge in [-0.05, 0) is 24.5 Å². The van der Waals surface area contributed by atoms with Gasteiger partial charge in [-0.15, -0.1) is 0 Å². The summed E-state index contributed by atoms with van der Waals surface area (Å²) in [7, 11) is 0. The minimum absolute atomic E-state index is 0.114. The van der Waals surface area contributed by atoms with Crippen LogP contribution in [0.25, 0.3) is 0 Å². The van der Waals surface area contributed by atoms with Gasteiger partial charge in [0, 0.05) is 11.3 Å². The molecule has 0 atom stereocenters. The third-order valence-electron chi connectivity index (χ3n) is 1.70. The van der Waals surface area contributed by atoms with Gasteiger partial charge in [-0.25, -0.2) is 0 Å². The summed E-state index contributed by atoms with van der Waals surface area (Å²) in [4.78, 5) is 0. The third kappa shape index (κ3) is 4.78. The summed E-state index contributed by atoms with van der Waals surface area (Å²) in [6, 6.07) is 7.58. The Bertz CT molecular complexity index is 352. The maximum absolute atomic E-state index is 8.56. The molecule has 1 N–H and O–H groups in total. The predicted octanol–water partition coefficient (Wildman–Crippen LogP) is 1.77. The maximum Gasteiger partial charge on any atom is 0.120 e. The fourth-order valence-electron chi connectivity index (χ4n) is 1.05. The Kier molecular flexibility index (Phi) is 5.76.